The summed E-state index contributed by atoms with van der Waals surface area (Å²) in [5.74, 6) is 0.749. The van der Waals surface area contributed by atoms with E-state index in [1.54, 1.807) is 10.8 Å². The first-order valence-corrected chi connectivity index (χ1v) is 9.56. The number of nitrogens with one attached hydrogen (secondary N) is 2. The zero-order chi connectivity index (χ0) is 20.2. The number of carbonyl (C=O) groups excluding carboxylic acids is 1. The summed E-state index contributed by atoms with van der Waals surface area (Å²) in [5.41, 5.74) is 0.676. The maximum atomic E-state index is 12.2. The molecule has 0 aliphatic rings. The van der Waals surface area contributed by atoms with E-state index in [0.717, 1.165) is 16.3 Å². The fourth-order valence-electron chi connectivity index (χ4n) is 2.70. The molecule has 27 heavy (non-hydrogen) atoms. The first-order valence-electron chi connectivity index (χ1n) is 8.77. The number of quaternary nitrogens is 1. The van der Waals surface area contributed by atoms with Crippen molar-refractivity contribution < 1.29 is 9.69 Å². The number of benzene rings is 1. The number of halogens is 1. The van der Waals surface area contributed by atoms with Crippen molar-refractivity contribution in [3.05, 3.63) is 46.7 Å². The monoisotopic (exact) mass is 408 g/mol. The Labute approximate surface area is 170 Å². The maximum Gasteiger partial charge on any atom is 0.275 e. The van der Waals surface area contributed by atoms with Gasteiger partial charge in [-0.25, -0.2) is 0 Å². The maximum absolute atomic E-state index is 12.2. The third kappa shape index (κ3) is 6.02. The average molecular weight is 409 g/mol. The summed E-state index contributed by atoms with van der Waals surface area (Å²) in [4.78, 5) is 13.1. The van der Waals surface area contributed by atoms with Gasteiger partial charge < -0.3 is 10.2 Å². The van der Waals surface area contributed by atoms with Crippen molar-refractivity contribution >= 4 is 29.7 Å². The van der Waals surface area contributed by atoms with Gasteiger partial charge in [-0.1, -0.05) is 17.7 Å². The number of amides is 1. The van der Waals surface area contributed by atoms with Crippen LogP contribution in [0.1, 0.15) is 20.8 Å². The lowest BCUT2D eigenvalue weighted by Gasteiger charge is -2.21. The molecule has 0 aliphatic carbocycles. The quantitative estimate of drug-likeness (QED) is 0.546. The Morgan fingerprint density at radius 2 is 2.00 bits per heavy atom. The number of carbonyl (C=O) groups is 1. The Balaban J connectivity index is 2.23. The highest BCUT2D eigenvalue weighted by atomic mass is 35.5. The molecule has 0 spiro atoms. The van der Waals surface area contributed by atoms with Gasteiger partial charge >= 0.3 is 0 Å². The molecule has 6 nitrogen and oxygen atoms in total. The van der Waals surface area contributed by atoms with Crippen molar-refractivity contribution in [2.45, 2.75) is 39.5 Å². The van der Waals surface area contributed by atoms with E-state index < -0.39 is 0 Å². The van der Waals surface area contributed by atoms with Gasteiger partial charge in [-0.05, 0) is 57.3 Å². The molecule has 1 atom stereocenters. The minimum atomic E-state index is -0.249. The summed E-state index contributed by atoms with van der Waals surface area (Å²) in [5, 5.41) is 8.32. The fourth-order valence-corrected chi connectivity index (χ4v) is 3.09. The lowest BCUT2D eigenvalue weighted by molar-refractivity contribution is -0.895. The van der Waals surface area contributed by atoms with Gasteiger partial charge in [0.2, 0.25) is 4.77 Å². The molecule has 0 radical (unpaired) electrons. The van der Waals surface area contributed by atoms with Gasteiger partial charge in [-0.15, -0.1) is 11.7 Å². The molecule has 0 saturated carbocycles. The minimum absolute atomic E-state index is 0.00466. The van der Waals surface area contributed by atoms with Crippen LogP contribution in [0.15, 0.2) is 36.9 Å². The lowest BCUT2D eigenvalue weighted by Crippen LogP contribution is -3.09. The summed E-state index contributed by atoms with van der Waals surface area (Å²) in [7, 11) is 1.94. The molecule has 146 valence electrons. The molecule has 1 aromatic heterocycles. The number of hydrogen-bond acceptors (Lipinski definition) is 3. The highest BCUT2D eigenvalue weighted by Gasteiger charge is 2.19. The standard InChI is InChI=1S/C19H26ClN5OS/c1-6-11-24-17(14-7-9-15(20)10-8-14)22-25(18(24)27)13-23(5)12-16(26)21-19(2,3)4/h6-10H,1,11-13H2,2-5H3,(H,21,26)/p+1. The van der Waals surface area contributed by atoms with Gasteiger partial charge in [-0.2, -0.15) is 4.68 Å². The van der Waals surface area contributed by atoms with E-state index in [1.165, 1.54) is 0 Å². The second kappa shape index (κ2) is 8.82. The van der Waals surface area contributed by atoms with Gasteiger partial charge in [0, 0.05) is 22.7 Å². The van der Waals surface area contributed by atoms with Gasteiger partial charge in [0.25, 0.3) is 5.91 Å². The van der Waals surface area contributed by atoms with Crippen LogP contribution in [-0.2, 0) is 18.0 Å². The number of aromatic nitrogens is 3. The van der Waals surface area contributed by atoms with Gasteiger partial charge in [0.05, 0.1) is 7.05 Å². The highest BCUT2D eigenvalue weighted by Crippen LogP contribution is 2.20. The first-order chi connectivity index (χ1) is 12.6. The highest BCUT2D eigenvalue weighted by molar-refractivity contribution is 7.71. The SMILES string of the molecule is C=CCn1c(-c2ccc(Cl)cc2)nn(C[NH+](C)CC(=O)NC(C)(C)C)c1=S. The van der Waals surface area contributed by atoms with Crippen molar-refractivity contribution in [2.75, 3.05) is 13.6 Å². The number of nitrogens with zero attached hydrogens (tertiary/aromatic N) is 3. The predicted molar refractivity (Wildman–Crippen MR) is 111 cm³/mol. The van der Waals surface area contributed by atoms with E-state index in [9.17, 15) is 4.79 Å². The zero-order valence-corrected chi connectivity index (χ0v) is 17.8. The van der Waals surface area contributed by atoms with E-state index in [0.29, 0.717) is 29.6 Å². The number of rotatable bonds is 7. The number of allylic oxidation sites excluding steroid dienone is 1. The van der Waals surface area contributed by atoms with Crippen LogP contribution >= 0.6 is 23.8 Å². The first kappa shape index (κ1) is 21.3. The predicted octanol–water partition coefficient (Wildman–Crippen LogP) is 2.31. The Morgan fingerprint density at radius 3 is 2.56 bits per heavy atom. The molecular weight excluding hydrogens is 382 g/mol. The van der Waals surface area contributed by atoms with Crippen molar-refractivity contribution in [1.82, 2.24) is 19.7 Å². The minimum Gasteiger partial charge on any atom is -0.347 e. The van der Waals surface area contributed by atoms with Crippen molar-refractivity contribution in [2.24, 2.45) is 0 Å². The fraction of sp³-hybridized carbons (Fsp3) is 0.421. The molecule has 8 heteroatoms. The van der Waals surface area contributed by atoms with Crippen molar-refractivity contribution in [1.29, 1.82) is 0 Å². The van der Waals surface area contributed by atoms with Crippen LogP contribution in [-0.4, -0.2) is 39.4 Å². The van der Waals surface area contributed by atoms with Gasteiger partial charge in [-0.3, -0.25) is 9.36 Å². The topological polar surface area (TPSA) is 56.3 Å². The van der Waals surface area contributed by atoms with Crippen LogP contribution in [0.25, 0.3) is 11.4 Å². The molecule has 2 aromatic rings. The molecule has 1 unspecified atom stereocenters. The summed E-state index contributed by atoms with van der Waals surface area (Å²) in [6.45, 7) is 11.1. The molecular formula is C19H27ClN5OS+. The van der Waals surface area contributed by atoms with E-state index in [1.807, 2.05) is 56.7 Å². The Bertz CT molecular complexity index is 864. The van der Waals surface area contributed by atoms with E-state index >= 15 is 0 Å². The zero-order valence-electron chi connectivity index (χ0n) is 16.3. The Morgan fingerprint density at radius 1 is 1.37 bits per heavy atom. The number of hydrogen-bond donors (Lipinski definition) is 2. The lowest BCUT2D eigenvalue weighted by atomic mass is 10.1. The van der Waals surface area contributed by atoms with Gasteiger partial charge in [0.15, 0.2) is 19.0 Å². The van der Waals surface area contributed by atoms with Gasteiger partial charge in [0.1, 0.15) is 0 Å². The average Bonchev–Trinajstić information content (AvgIpc) is 2.83. The Hall–Kier alpha value is -1.96. The third-order valence-corrected chi connectivity index (χ3v) is 4.42. The van der Waals surface area contributed by atoms with E-state index in [2.05, 4.69) is 17.0 Å². The second-order valence-corrected chi connectivity index (χ2v) is 8.40. The largest absolute Gasteiger partial charge is 0.347 e. The second-order valence-electron chi connectivity index (χ2n) is 7.60. The molecule has 2 rings (SSSR count). The summed E-state index contributed by atoms with van der Waals surface area (Å²) in [6.07, 6.45) is 1.79. The molecule has 1 heterocycles. The molecule has 0 saturated heterocycles. The summed E-state index contributed by atoms with van der Waals surface area (Å²) >= 11 is 11.6. The molecule has 1 aromatic carbocycles. The van der Waals surface area contributed by atoms with Crippen molar-refractivity contribution in [3.63, 3.8) is 0 Å². The normalized spacial score (nSPS) is 12.6. The molecule has 0 fully saturated rings. The van der Waals surface area contributed by atoms with Crippen LogP contribution < -0.4 is 10.2 Å². The molecule has 0 aliphatic heterocycles. The van der Waals surface area contributed by atoms with E-state index in [-0.39, 0.29) is 11.4 Å². The summed E-state index contributed by atoms with van der Waals surface area (Å²) < 4.78 is 4.27. The van der Waals surface area contributed by atoms with Crippen molar-refractivity contribution in [3.8, 4) is 11.4 Å². The molecule has 2 N–H and O–H groups in total. The van der Waals surface area contributed by atoms with Crippen LogP contribution in [0, 0.1) is 4.77 Å². The van der Waals surface area contributed by atoms with Crippen LogP contribution in [0.5, 0.6) is 0 Å². The smallest absolute Gasteiger partial charge is 0.275 e. The number of likely N-dealkylation sites (N-methyl/N-ethyl adjacent to an activating group) is 1. The Kier molecular flexibility index (Phi) is 6.97. The molecule has 1 amide bonds. The molecule has 0 bridgehead atoms. The van der Waals surface area contributed by atoms with Crippen LogP contribution in [0.4, 0.5) is 0 Å². The summed E-state index contributed by atoms with van der Waals surface area (Å²) in [6, 6.07) is 7.48. The van der Waals surface area contributed by atoms with E-state index in [4.69, 9.17) is 23.8 Å². The van der Waals surface area contributed by atoms with Crippen LogP contribution in [0.2, 0.25) is 5.02 Å². The third-order valence-electron chi connectivity index (χ3n) is 3.73. The van der Waals surface area contributed by atoms with Crippen LogP contribution in [0.3, 0.4) is 0 Å².